The van der Waals surface area contributed by atoms with E-state index in [-0.39, 0.29) is 0 Å². The summed E-state index contributed by atoms with van der Waals surface area (Å²) in [6.07, 6.45) is 2.28. The summed E-state index contributed by atoms with van der Waals surface area (Å²) in [6, 6.07) is 2.01. The molecule has 0 amide bonds. The fourth-order valence-electron chi connectivity index (χ4n) is 1.84. The van der Waals surface area contributed by atoms with Crippen LogP contribution in [0.5, 0.6) is 0 Å². The Morgan fingerprint density at radius 2 is 2.35 bits per heavy atom. The molecule has 0 aromatic carbocycles. The molecule has 1 aromatic rings. The second kappa shape index (κ2) is 5.69. The summed E-state index contributed by atoms with van der Waals surface area (Å²) in [5.74, 6) is 1.79. The number of hydrogen-bond acceptors (Lipinski definition) is 5. The highest BCUT2D eigenvalue weighted by atomic mass is 32.2. The Balaban J connectivity index is 2.14. The standard InChI is InChI=1S/C12H19N3OS/c1-4-10-14-11(13-3)7-12(15-10)17-9-5-6-16-8(9)2/h7-9H,4-6H2,1-3H3,(H,13,14,15). The molecule has 94 valence electrons. The first-order valence-electron chi connectivity index (χ1n) is 6.07. The Bertz CT molecular complexity index is 364. The van der Waals surface area contributed by atoms with Gasteiger partial charge in [0.15, 0.2) is 0 Å². The number of hydrogen-bond donors (Lipinski definition) is 1. The maximum atomic E-state index is 5.57. The molecule has 5 heteroatoms. The topological polar surface area (TPSA) is 47.0 Å². The van der Waals surface area contributed by atoms with Crippen LogP contribution in [0.1, 0.15) is 26.1 Å². The van der Waals surface area contributed by atoms with Gasteiger partial charge in [-0.25, -0.2) is 9.97 Å². The molecule has 1 aliphatic rings. The van der Waals surface area contributed by atoms with Crippen molar-refractivity contribution in [1.29, 1.82) is 0 Å². The van der Waals surface area contributed by atoms with Crippen molar-refractivity contribution in [3.8, 4) is 0 Å². The molecule has 2 unspecified atom stereocenters. The quantitative estimate of drug-likeness (QED) is 0.835. The molecule has 17 heavy (non-hydrogen) atoms. The highest BCUT2D eigenvalue weighted by Crippen LogP contribution is 2.32. The Hall–Kier alpha value is -0.810. The van der Waals surface area contributed by atoms with Crippen molar-refractivity contribution in [2.24, 2.45) is 0 Å². The lowest BCUT2D eigenvalue weighted by Gasteiger charge is -2.13. The smallest absolute Gasteiger partial charge is 0.131 e. The Morgan fingerprint density at radius 1 is 1.53 bits per heavy atom. The predicted octanol–water partition coefficient (Wildman–Crippen LogP) is 2.35. The molecule has 1 aromatic heterocycles. The summed E-state index contributed by atoms with van der Waals surface area (Å²) >= 11 is 1.80. The molecule has 0 spiro atoms. The maximum absolute atomic E-state index is 5.57. The van der Waals surface area contributed by atoms with Gasteiger partial charge in [0.05, 0.1) is 6.10 Å². The van der Waals surface area contributed by atoms with Gasteiger partial charge in [0, 0.05) is 31.4 Å². The molecule has 1 fully saturated rings. The van der Waals surface area contributed by atoms with Gasteiger partial charge in [-0.2, -0.15) is 0 Å². The third kappa shape index (κ3) is 3.10. The minimum Gasteiger partial charge on any atom is -0.377 e. The molecule has 1 saturated heterocycles. The zero-order valence-corrected chi connectivity index (χ0v) is 11.4. The first-order valence-corrected chi connectivity index (χ1v) is 6.95. The fourth-order valence-corrected chi connectivity index (χ4v) is 2.97. The van der Waals surface area contributed by atoms with E-state index in [0.717, 1.165) is 36.1 Å². The molecule has 4 nitrogen and oxygen atoms in total. The molecule has 0 bridgehead atoms. The van der Waals surface area contributed by atoms with Crippen LogP contribution in [0.15, 0.2) is 11.1 Å². The molecule has 0 saturated carbocycles. The monoisotopic (exact) mass is 253 g/mol. The second-order valence-corrected chi connectivity index (χ2v) is 5.39. The number of ether oxygens (including phenoxy) is 1. The Labute approximate surface area is 107 Å². The molecule has 2 rings (SSSR count). The van der Waals surface area contributed by atoms with E-state index in [1.807, 2.05) is 13.1 Å². The zero-order chi connectivity index (χ0) is 12.3. The van der Waals surface area contributed by atoms with E-state index in [4.69, 9.17) is 4.74 Å². The number of thioether (sulfide) groups is 1. The Morgan fingerprint density at radius 3 is 2.94 bits per heavy atom. The van der Waals surface area contributed by atoms with Crippen LogP contribution >= 0.6 is 11.8 Å². The number of rotatable bonds is 4. The molecule has 2 heterocycles. The van der Waals surface area contributed by atoms with Crippen LogP contribution in [0.2, 0.25) is 0 Å². The van der Waals surface area contributed by atoms with E-state index in [9.17, 15) is 0 Å². The molecular weight excluding hydrogens is 234 g/mol. The van der Waals surface area contributed by atoms with Crippen LogP contribution in [0.25, 0.3) is 0 Å². The van der Waals surface area contributed by atoms with Crippen molar-refractivity contribution in [3.63, 3.8) is 0 Å². The van der Waals surface area contributed by atoms with E-state index in [1.54, 1.807) is 11.8 Å². The van der Waals surface area contributed by atoms with Crippen molar-refractivity contribution in [2.45, 2.75) is 43.1 Å². The summed E-state index contributed by atoms with van der Waals surface area (Å²) < 4.78 is 5.57. The first-order chi connectivity index (χ1) is 8.22. The van der Waals surface area contributed by atoms with Gasteiger partial charge in [0.1, 0.15) is 16.7 Å². The van der Waals surface area contributed by atoms with E-state index in [0.29, 0.717) is 11.4 Å². The number of anilines is 1. The molecule has 0 aliphatic carbocycles. The maximum Gasteiger partial charge on any atom is 0.131 e. The summed E-state index contributed by atoms with van der Waals surface area (Å²) in [6.45, 7) is 5.07. The van der Waals surface area contributed by atoms with Crippen LogP contribution in [0.3, 0.4) is 0 Å². The van der Waals surface area contributed by atoms with Crippen molar-refractivity contribution < 1.29 is 4.74 Å². The van der Waals surface area contributed by atoms with Crippen LogP contribution in [0, 0.1) is 0 Å². The zero-order valence-electron chi connectivity index (χ0n) is 10.6. The average molecular weight is 253 g/mol. The van der Waals surface area contributed by atoms with Gasteiger partial charge in [-0.1, -0.05) is 6.92 Å². The van der Waals surface area contributed by atoms with Crippen LogP contribution in [-0.2, 0) is 11.2 Å². The van der Waals surface area contributed by atoms with Crippen LogP contribution < -0.4 is 5.32 Å². The van der Waals surface area contributed by atoms with Gasteiger partial charge in [-0.3, -0.25) is 0 Å². The van der Waals surface area contributed by atoms with Gasteiger partial charge < -0.3 is 10.1 Å². The van der Waals surface area contributed by atoms with Gasteiger partial charge in [0.25, 0.3) is 0 Å². The van der Waals surface area contributed by atoms with Crippen molar-refractivity contribution in [2.75, 3.05) is 19.0 Å². The number of nitrogens with one attached hydrogen (secondary N) is 1. The van der Waals surface area contributed by atoms with E-state index >= 15 is 0 Å². The van der Waals surface area contributed by atoms with Crippen molar-refractivity contribution in [1.82, 2.24) is 9.97 Å². The average Bonchev–Trinajstić information content (AvgIpc) is 2.74. The van der Waals surface area contributed by atoms with Crippen LogP contribution in [0.4, 0.5) is 5.82 Å². The summed E-state index contributed by atoms with van der Waals surface area (Å²) in [4.78, 5) is 8.95. The molecule has 1 N–H and O–H groups in total. The van der Waals surface area contributed by atoms with Gasteiger partial charge >= 0.3 is 0 Å². The first kappa shape index (κ1) is 12.6. The highest BCUT2D eigenvalue weighted by molar-refractivity contribution is 7.99. The predicted molar refractivity (Wildman–Crippen MR) is 70.6 cm³/mol. The lowest BCUT2D eigenvalue weighted by Crippen LogP contribution is -2.13. The van der Waals surface area contributed by atoms with E-state index < -0.39 is 0 Å². The Kier molecular flexibility index (Phi) is 4.23. The van der Waals surface area contributed by atoms with Gasteiger partial charge in [-0.15, -0.1) is 11.8 Å². The summed E-state index contributed by atoms with van der Waals surface area (Å²) in [7, 11) is 1.89. The molecule has 2 atom stereocenters. The largest absolute Gasteiger partial charge is 0.377 e. The third-order valence-electron chi connectivity index (χ3n) is 2.90. The second-order valence-electron chi connectivity index (χ2n) is 4.13. The number of aryl methyl sites for hydroxylation is 1. The van der Waals surface area contributed by atoms with Gasteiger partial charge in [-0.05, 0) is 13.3 Å². The summed E-state index contributed by atoms with van der Waals surface area (Å²) in [5.41, 5.74) is 0. The third-order valence-corrected chi connectivity index (χ3v) is 4.27. The number of aromatic nitrogens is 2. The lowest BCUT2D eigenvalue weighted by molar-refractivity contribution is 0.127. The number of nitrogens with zero attached hydrogens (tertiary/aromatic N) is 2. The van der Waals surface area contributed by atoms with Crippen LogP contribution in [-0.4, -0.2) is 35.0 Å². The van der Waals surface area contributed by atoms with E-state index in [2.05, 4.69) is 29.1 Å². The minimum absolute atomic E-state index is 0.318. The molecular formula is C12H19N3OS. The summed E-state index contributed by atoms with van der Waals surface area (Å²) in [5, 5.41) is 4.64. The van der Waals surface area contributed by atoms with Crippen molar-refractivity contribution in [3.05, 3.63) is 11.9 Å². The molecule has 1 aliphatic heterocycles. The van der Waals surface area contributed by atoms with Gasteiger partial charge in [0.2, 0.25) is 0 Å². The normalized spacial score (nSPS) is 23.9. The van der Waals surface area contributed by atoms with Crippen molar-refractivity contribution >= 4 is 17.6 Å². The minimum atomic E-state index is 0.318. The lowest BCUT2D eigenvalue weighted by atomic mass is 10.3. The SMILES string of the molecule is CCc1nc(NC)cc(SC2CCOC2C)n1. The molecule has 0 radical (unpaired) electrons. The van der Waals surface area contributed by atoms with E-state index in [1.165, 1.54) is 0 Å². The highest BCUT2D eigenvalue weighted by Gasteiger charge is 2.25. The fraction of sp³-hybridized carbons (Fsp3) is 0.667.